The Morgan fingerprint density at radius 3 is 2.29 bits per heavy atom. The second-order valence-electron chi connectivity index (χ2n) is 11.0. The highest BCUT2D eigenvalue weighted by atomic mass is 32.2. The summed E-state index contributed by atoms with van der Waals surface area (Å²) in [7, 11) is 0.120. The molecule has 1 saturated carbocycles. The number of carbonyl (C=O) groups is 1. The number of aromatic nitrogens is 3. The summed E-state index contributed by atoms with van der Waals surface area (Å²) in [6.07, 6.45) is 5.24. The molecule has 6 rings (SSSR count). The number of anilines is 2. The van der Waals surface area contributed by atoms with Crippen LogP contribution in [0.3, 0.4) is 0 Å². The maximum atomic E-state index is 13.4. The molecule has 216 valence electrons. The summed E-state index contributed by atoms with van der Waals surface area (Å²) in [5.74, 6) is 1.59. The maximum absolute atomic E-state index is 13.4. The van der Waals surface area contributed by atoms with Crippen molar-refractivity contribution in [3.05, 3.63) is 90.6 Å². The normalized spacial score (nSPS) is 17.3. The van der Waals surface area contributed by atoms with Gasteiger partial charge in [0.15, 0.2) is 0 Å². The molecule has 1 fully saturated rings. The molecule has 42 heavy (non-hydrogen) atoms. The number of amides is 1. The van der Waals surface area contributed by atoms with Crippen LogP contribution in [0, 0.1) is 5.92 Å². The van der Waals surface area contributed by atoms with Crippen LogP contribution >= 0.6 is 0 Å². The summed E-state index contributed by atoms with van der Waals surface area (Å²) in [6.45, 7) is 0.535. The van der Waals surface area contributed by atoms with E-state index in [4.69, 9.17) is 9.97 Å². The highest BCUT2D eigenvalue weighted by molar-refractivity contribution is 7.90. The van der Waals surface area contributed by atoms with Crippen LogP contribution in [0.4, 0.5) is 11.8 Å². The van der Waals surface area contributed by atoms with E-state index in [1.807, 2.05) is 49.3 Å². The van der Waals surface area contributed by atoms with Crippen LogP contribution in [0.2, 0.25) is 0 Å². The van der Waals surface area contributed by atoms with Gasteiger partial charge in [0.2, 0.25) is 5.95 Å². The average Bonchev–Trinajstić information content (AvgIpc) is 3.41. The van der Waals surface area contributed by atoms with Gasteiger partial charge in [0, 0.05) is 43.7 Å². The minimum absolute atomic E-state index is 0.176. The van der Waals surface area contributed by atoms with Crippen molar-refractivity contribution in [3.8, 4) is 0 Å². The second kappa shape index (κ2) is 11.4. The van der Waals surface area contributed by atoms with Crippen molar-refractivity contribution >= 4 is 49.5 Å². The van der Waals surface area contributed by atoms with Gasteiger partial charge in [0.05, 0.1) is 21.5 Å². The van der Waals surface area contributed by atoms with Crippen LogP contribution < -0.4 is 15.5 Å². The summed E-state index contributed by atoms with van der Waals surface area (Å²) in [4.78, 5) is 25.0. The fourth-order valence-corrected chi connectivity index (χ4v) is 7.12. The molecular weight excluding hydrogens is 548 g/mol. The van der Waals surface area contributed by atoms with Crippen LogP contribution in [0.1, 0.15) is 36.0 Å². The fourth-order valence-electron chi connectivity index (χ4n) is 5.73. The first-order chi connectivity index (χ1) is 20.3. The van der Waals surface area contributed by atoms with Gasteiger partial charge < -0.3 is 15.5 Å². The zero-order valence-corrected chi connectivity index (χ0v) is 24.5. The van der Waals surface area contributed by atoms with E-state index in [0.717, 1.165) is 42.4 Å². The van der Waals surface area contributed by atoms with Crippen molar-refractivity contribution in [2.24, 2.45) is 5.92 Å². The predicted molar refractivity (Wildman–Crippen MR) is 167 cm³/mol. The van der Waals surface area contributed by atoms with Gasteiger partial charge in [-0.15, -0.1) is 0 Å². The number of benzene rings is 3. The Balaban J connectivity index is 1.10. The smallest absolute Gasteiger partial charge is 0.268 e. The zero-order valence-electron chi connectivity index (χ0n) is 23.7. The van der Waals surface area contributed by atoms with Crippen LogP contribution in [0.5, 0.6) is 0 Å². The Labute approximate surface area is 245 Å². The first-order valence-corrected chi connectivity index (χ1v) is 15.6. The molecular formula is C32H34N6O3S. The van der Waals surface area contributed by atoms with E-state index in [1.165, 1.54) is 10.2 Å². The fraction of sp³-hybridized carbons (Fsp3) is 0.281. The first kappa shape index (κ1) is 27.7. The summed E-state index contributed by atoms with van der Waals surface area (Å²) in [5, 5.41) is 8.23. The van der Waals surface area contributed by atoms with Gasteiger partial charge in [-0.2, -0.15) is 4.98 Å². The number of para-hydroxylation sites is 2. The molecule has 0 bridgehead atoms. The van der Waals surface area contributed by atoms with Gasteiger partial charge >= 0.3 is 0 Å². The molecule has 5 aromatic rings. The van der Waals surface area contributed by atoms with Gasteiger partial charge in [0.25, 0.3) is 15.9 Å². The lowest BCUT2D eigenvalue weighted by Gasteiger charge is -2.29. The summed E-state index contributed by atoms with van der Waals surface area (Å²) in [5.41, 5.74) is 1.74. The van der Waals surface area contributed by atoms with Crippen molar-refractivity contribution in [1.29, 1.82) is 0 Å². The standard InChI is InChI=1S/C32H34N6O3S/c1-37(2)30-26-13-6-8-14-28(26)35-32(36-30)34-23-18-16-22(17-19-23)20-33-31(39)27-21-38(29-15-9-7-12-25(27)29)42(40,41)24-10-4-3-5-11-24/h3-15,21-23H,16-20H2,1-2H3,(H,33,39)(H,34,35,36)/t22-,23+. The summed E-state index contributed by atoms with van der Waals surface area (Å²) in [6, 6.07) is 23.6. The Morgan fingerprint density at radius 1 is 0.881 bits per heavy atom. The molecule has 2 heterocycles. The first-order valence-electron chi connectivity index (χ1n) is 14.2. The number of nitrogens with one attached hydrogen (secondary N) is 2. The van der Waals surface area contributed by atoms with Gasteiger partial charge in [-0.05, 0) is 61.9 Å². The molecule has 2 N–H and O–H groups in total. The van der Waals surface area contributed by atoms with Crippen molar-refractivity contribution in [2.45, 2.75) is 36.6 Å². The van der Waals surface area contributed by atoms with E-state index in [9.17, 15) is 13.2 Å². The molecule has 9 nitrogen and oxygen atoms in total. The molecule has 3 aromatic carbocycles. The molecule has 2 aromatic heterocycles. The molecule has 10 heteroatoms. The highest BCUT2D eigenvalue weighted by Gasteiger charge is 2.26. The monoisotopic (exact) mass is 582 g/mol. The van der Waals surface area contributed by atoms with Crippen LogP contribution in [0.25, 0.3) is 21.8 Å². The van der Waals surface area contributed by atoms with Crippen LogP contribution in [-0.4, -0.2) is 54.9 Å². The minimum Gasteiger partial charge on any atom is -0.362 e. The Hall–Kier alpha value is -4.44. The van der Waals surface area contributed by atoms with Crippen molar-refractivity contribution in [1.82, 2.24) is 19.3 Å². The lowest BCUT2D eigenvalue weighted by molar-refractivity contribution is 0.0945. The van der Waals surface area contributed by atoms with E-state index in [2.05, 4.69) is 10.6 Å². The van der Waals surface area contributed by atoms with E-state index in [1.54, 1.807) is 48.5 Å². The van der Waals surface area contributed by atoms with Crippen LogP contribution in [-0.2, 0) is 10.0 Å². The molecule has 0 radical (unpaired) electrons. The Bertz CT molecular complexity index is 1840. The van der Waals surface area contributed by atoms with Crippen molar-refractivity contribution in [2.75, 3.05) is 30.9 Å². The number of hydrogen-bond acceptors (Lipinski definition) is 7. The predicted octanol–water partition coefficient (Wildman–Crippen LogP) is 5.29. The SMILES string of the molecule is CN(C)c1nc(N[C@H]2CC[C@@H](CNC(=O)c3cn(S(=O)(=O)c4ccccc4)c4ccccc34)CC2)nc2ccccc12. The quantitative estimate of drug-likeness (QED) is 0.256. The van der Waals surface area contributed by atoms with E-state index >= 15 is 0 Å². The van der Waals surface area contributed by atoms with E-state index < -0.39 is 10.0 Å². The lowest BCUT2D eigenvalue weighted by atomic mass is 9.86. The van der Waals surface area contributed by atoms with Gasteiger partial charge in [-0.3, -0.25) is 4.79 Å². The Kier molecular flexibility index (Phi) is 7.55. The molecule has 1 aliphatic carbocycles. The number of nitrogens with zero attached hydrogens (tertiary/aromatic N) is 4. The number of fused-ring (bicyclic) bond motifs is 2. The van der Waals surface area contributed by atoms with Crippen molar-refractivity contribution < 1.29 is 13.2 Å². The topological polar surface area (TPSA) is 109 Å². The lowest BCUT2D eigenvalue weighted by Crippen LogP contribution is -2.34. The highest BCUT2D eigenvalue weighted by Crippen LogP contribution is 2.29. The van der Waals surface area contributed by atoms with Crippen molar-refractivity contribution in [3.63, 3.8) is 0 Å². The maximum Gasteiger partial charge on any atom is 0.268 e. The third-order valence-corrected chi connectivity index (χ3v) is 9.65. The molecule has 0 atom stereocenters. The molecule has 0 saturated heterocycles. The van der Waals surface area contributed by atoms with Gasteiger partial charge in [-0.25, -0.2) is 17.4 Å². The third-order valence-electron chi connectivity index (χ3n) is 7.96. The number of hydrogen-bond donors (Lipinski definition) is 2. The summed E-state index contributed by atoms with van der Waals surface area (Å²) >= 11 is 0. The molecule has 0 unspecified atom stereocenters. The number of carbonyl (C=O) groups excluding carboxylic acids is 1. The Morgan fingerprint density at radius 2 is 1.55 bits per heavy atom. The van der Waals surface area contributed by atoms with E-state index in [-0.39, 0.29) is 16.8 Å². The minimum atomic E-state index is -3.85. The van der Waals surface area contributed by atoms with Gasteiger partial charge in [-0.1, -0.05) is 48.5 Å². The molecule has 0 aliphatic heterocycles. The van der Waals surface area contributed by atoms with Crippen LogP contribution in [0.15, 0.2) is 90.0 Å². The zero-order chi connectivity index (χ0) is 29.3. The third kappa shape index (κ3) is 5.42. The second-order valence-corrected chi connectivity index (χ2v) is 12.8. The van der Waals surface area contributed by atoms with Gasteiger partial charge in [0.1, 0.15) is 5.82 Å². The van der Waals surface area contributed by atoms with E-state index in [0.29, 0.717) is 34.9 Å². The summed E-state index contributed by atoms with van der Waals surface area (Å²) < 4.78 is 28.0. The average molecular weight is 583 g/mol. The number of rotatable bonds is 8. The largest absolute Gasteiger partial charge is 0.362 e. The molecule has 1 aliphatic rings. The molecule has 0 spiro atoms. The molecule has 1 amide bonds.